The van der Waals surface area contributed by atoms with Crippen LogP contribution < -0.4 is 0 Å². The predicted molar refractivity (Wildman–Crippen MR) is 56.2 cm³/mol. The third kappa shape index (κ3) is 1.77. The Hall–Kier alpha value is -0.940. The van der Waals surface area contributed by atoms with Gasteiger partial charge in [-0.25, -0.2) is 4.98 Å². The fraction of sp³-hybridized carbons (Fsp3) is 0.600. The topological polar surface area (TPSA) is 59.4 Å². The minimum absolute atomic E-state index is 0.503. The van der Waals surface area contributed by atoms with Crippen molar-refractivity contribution in [3.8, 4) is 0 Å². The first-order valence-corrected chi connectivity index (χ1v) is 5.77. The Morgan fingerprint density at radius 1 is 1.60 bits per heavy atom. The Morgan fingerprint density at radius 2 is 2.27 bits per heavy atom. The second-order valence-corrected chi connectivity index (χ2v) is 4.81. The molecule has 15 heavy (non-hydrogen) atoms. The van der Waals surface area contributed by atoms with Crippen molar-refractivity contribution in [2.75, 3.05) is 13.2 Å². The number of carboxylic acid groups (broad SMARTS) is 1. The van der Waals surface area contributed by atoms with Crippen LogP contribution in [0.2, 0.25) is 0 Å². The number of ether oxygens (including phenoxy) is 1. The Kier molecular flexibility index (Phi) is 2.75. The maximum Gasteiger partial charge on any atom is 0.315 e. The Morgan fingerprint density at radius 3 is 2.73 bits per heavy atom. The second kappa shape index (κ2) is 3.90. The van der Waals surface area contributed by atoms with E-state index >= 15 is 0 Å². The molecule has 0 atom stereocenters. The van der Waals surface area contributed by atoms with Crippen molar-refractivity contribution < 1.29 is 14.6 Å². The van der Waals surface area contributed by atoms with Crippen LogP contribution in [-0.2, 0) is 14.9 Å². The van der Waals surface area contributed by atoms with Gasteiger partial charge in [0, 0.05) is 18.6 Å². The smallest absolute Gasteiger partial charge is 0.315 e. The second-order valence-electron chi connectivity index (χ2n) is 3.75. The molecule has 1 aromatic rings. The van der Waals surface area contributed by atoms with Crippen molar-refractivity contribution in [2.24, 2.45) is 0 Å². The van der Waals surface area contributed by atoms with Gasteiger partial charge < -0.3 is 9.84 Å². The molecular formula is C10H13NO3S. The molecule has 0 saturated carbocycles. The Balaban J connectivity index is 2.37. The minimum Gasteiger partial charge on any atom is -0.481 e. The van der Waals surface area contributed by atoms with Crippen molar-refractivity contribution in [2.45, 2.75) is 25.2 Å². The number of thiazole rings is 1. The monoisotopic (exact) mass is 227 g/mol. The van der Waals surface area contributed by atoms with Gasteiger partial charge in [-0.15, -0.1) is 11.3 Å². The van der Waals surface area contributed by atoms with Gasteiger partial charge in [0.05, 0.1) is 10.7 Å². The van der Waals surface area contributed by atoms with E-state index in [-0.39, 0.29) is 0 Å². The lowest BCUT2D eigenvalue weighted by atomic mass is 9.78. The van der Waals surface area contributed by atoms with Crippen LogP contribution in [0.1, 0.15) is 23.5 Å². The molecule has 2 heterocycles. The SMILES string of the molecule is Cc1nc(C2(C(=O)O)CCOCC2)cs1. The van der Waals surface area contributed by atoms with Crippen LogP contribution in [0.4, 0.5) is 0 Å². The largest absolute Gasteiger partial charge is 0.481 e. The van der Waals surface area contributed by atoms with E-state index in [0.717, 1.165) is 5.01 Å². The molecule has 1 aliphatic rings. The van der Waals surface area contributed by atoms with Gasteiger partial charge in [-0.3, -0.25) is 4.79 Å². The van der Waals surface area contributed by atoms with Gasteiger partial charge in [-0.05, 0) is 19.8 Å². The van der Waals surface area contributed by atoms with E-state index in [2.05, 4.69) is 4.98 Å². The number of rotatable bonds is 2. The standard InChI is InChI=1S/C10H13NO3S/c1-7-11-8(6-15-7)10(9(12)13)2-4-14-5-3-10/h6H,2-5H2,1H3,(H,12,13). The highest BCUT2D eigenvalue weighted by atomic mass is 32.1. The third-order valence-corrected chi connectivity index (χ3v) is 3.64. The molecule has 82 valence electrons. The van der Waals surface area contributed by atoms with Crippen LogP contribution in [0, 0.1) is 6.92 Å². The van der Waals surface area contributed by atoms with Crippen molar-refractivity contribution in [1.82, 2.24) is 4.98 Å². The number of hydrogen-bond donors (Lipinski definition) is 1. The average Bonchev–Trinajstić information content (AvgIpc) is 2.66. The Labute approximate surface area is 91.9 Å². The number of aromatic nitrogens is 1. The number of carboxylic acids is 1. The van der Waals surface area contributed by atoms with Crippen LogP contribution in [0.15, 0.2) is 5.38 Å². The van der Waals surface area contributed by atoms with Crippen molar-refractivity contribution in [3.63, 3.8) is 0 Å². The predicted octanol–water partition coefficient (Wildman–Crippen LogP) is 1.58. The van der Waals surface area contributed by atoms with Crippen LogP contribution in [0.3, 0.4) is 0 Å². The van der Waals surface area contributed by atoms with Crippen LogP contribution in [0.5, 0.6) is 0 Å². The molecule has 5 heteroatoms. The third-order valence-electron chi connectivity index (χ3n) is 2.87. The summed E-state index contributed by atoms with van der Waals surface area (Å²) >= 11 is 1.50. The van der Waals surface area contributed by atoms with Crippen molar-refractivity contribution in [3.05, 3.63) is 16.1 Å². The molecule has 1 fully saturated rings. The quantitative estimate of drug-likeness (QED) is 0.833. The summed E-state index contributed by atoms with van der Waals surface area (Å²) in [4.78, 5) is 15.7. The summed E-state index contributed by atoms with van der Waals surface area (Å²) in [6.45, 7) is 2.90. The molecule has 1 aliphatic heterocycles. The van der Waals surface area contributed by atoms with Gasteiger partial charge in [0.1, 0.15) is 5.41 Å². The molecule has 0 aromatic carbocycles. The van der Waals surface area contributed by atoms with Crippen LogP contribution >= 0.6 is 11.3 Å². The molecule has 4 nitrogen and oxygen atoms in total. The number of aliphatic carboxylic acids is 1. The van der Waals surface area contributed by atoms with Gasteiger partial charge in [0.15, 0.2) is 0 Å². The molecule has 0 radical (unpaired) electrons. The lowest BCUT2D eigenvalue weighted by Gasteiger charge is -2.31. The van der Waals surface area contributed by atoms with E-state index in [1.165, 1.54) is 11.3 Å². The molecule has 1 aromatic heterocycles. The summed E-state index contributed by atoms with van der Waals surface area (Å²) in [7, 11) is 0. The van der Waals surface area contributed by atoms with E-state index in [1.54, 1.807) is 0 Å². The summed E-state index contributed by atoms with van der Waals surface area (Å²) < 4.78 is 5.22. The first-order valence-electron chi connectivity index (χ1n) is 4.89. The van der Waals surface area contributed by atoms with E-state index in [1.807, 2.05) is 12.3 Å². The highest BCUT2D eigenvalue weighted by Gasteiger charge is 2.43. The number of hydrogen-bond acceptors (Lipinski definition) is 4. The summed E-state index contributed by atoms with van der Waals surface area (Å²) in [5.74, 6) is -0.781. The lowest BCUT2D eigenvalue weighted by molar-refractivity contribution is -0.148. The van der Waals surface area contributed by atoms with Crippen LogP contribution in [-0.4, -0.2) is 29.3 Å². The number of aryl methyl sites for hydroxylation is 1. The summed E-state index contributed by atoms with van der Waals surface area (Å²) in [5, 5.41) is 12.1. The Bertz CT molecular complexity index is 368. The van der Waals surface area contributed by atoms with E-state index < -0.39 is 11.4 Å². The molecule has 0 spiro atoms. The van der Waals surface area contributed by atoms with Gasteiger partial charge in [-0.1, -0.05) is 0 Å². The summed E-state index contributed by atoms with van der Waals surface area (Å²) in [6.07, 6.45) is 1.04. The van der Waals surface area contributed by atoms with Gasteiger partial charge in [0.2, 0.25) is 0 Å². The zero-order valence-electron chi connectivity index (χ0n) is 8.52. The van der Waals surface area contributed by atoms with Gasteiger partial charge in [0.25, 0.3) is 0 Å². The molecule has 1 N–H and O–H groups in total. The van der Waals surface area contributed by atoms with E-state index in [4.69, 9.17) is 4.74 Å². The molecule has 0 bridgehead atoms. The highest BCUT2D eigenvalue weighted by molar-refractivity contribution is 7.09. The molecule has 0 unspecified atom stereocenters. The molecule has 1 saturated heterocycles. The number of nitrogens with zero attached hydrogens (tertiary/aromatic N) is 1. The van der Waals surface area contributed by atoms with Crippen molar-refractivity contribution in [1.29, 1.82) is 0 Å². The molecule has 0 aliphatic carbocycles. The lowest BCUT2D eigenvalue weighted by Crippen LogP contribution is -2.41. The number of carbonyl (C=O) groups is 1. The van der Waals surface area contributed by atoms with E-state index in [0.29, 0.717) is 31.7 Å². The minimum atomic E-state index is -0.816. The zero-order valence-corrected chi connectivity index (χ0v) is 9.34. The fourth-order valence-electron chi connectivity index (χ4n) is 1.88. The van der Waals surface area contributed by atoms with Gasteiger partial charge >= 0.3 is 5.97 Å². The summed E-state index contributed by atoms with van der Waals surface area (Å²) in [5.41, 5.74) is -0.121. The first kappa shape index (κ1) is 10.6. The normalized spacial score (nSPS) is 20.1. The van der Waals surface area contributed by atoms with Crippen molar-refractivity contribution >= 4 is 17.3 Å². The van der Waals surface area contributed by atoms with Gasteiger partial charge in [-0.2, -0.15) is 0 Å². The fourth-order valence-corrected chi connectivity index (χ4v) is 2.59. The van der Waals surface area contributed by atoms with Crippen LogP contribution in [0.25, 0.3) is 0 Å². The van der Waals surface area contributed by atoms with E-state index in [9.17, 15) is 9.90 Å². The molecular weight excluding hydrogens is 214 g/mol. The molecule has 0 amide bonds. The maximum absolute atomic E-state index is 11.4. The highest BCUT2D eigenvalue weighted by Crippen LogP contribution is 2.35. The zero-order chi connectivity index (χ0) is 10.9. The molecule has 2 rings (SSSR count). The maximum atomic E-state index is 11.4. The first-order chi connectivity index (χ1) is 7.15. The average molecular weight is 227 g/mol. The summed E-state index contributed by atoms with van der Waals surface area (Å²) in [6, 6.07) is 0.